The van der Waals surface area contributed by atoms with Crippen molar-refractivity contribution >= 4 is 29.1 Å². The van der Waals surface area contributed by atoms with E-state index in [1.807, 2.05) is 66.7 Å². The van der Waals surface area contributed by atoms with Crippen molar-refractivity contribution in [1.29, 1.82) is 0 Å². The van der Waals surface area contributed by atoms with E-state index >= 15 is 0 Å². The molecule has 0 spiro atoms. The van der Waals surface area contributed by atoms with Gasteiger partial charge in [-0.2, -0.15) is 0 Å². The second-order valence-electron chi connectivity index (χ2n) is 7.94. The number of para-hydroxylation sites is 4. The summed E-state index contributed by atoms with van der Waals surface area (Å²) in [6, 6.07) is 32.3. The first-order chi connectivity index (χ1) is 18.1. The van der Waals surface area contributed by atoms with E-state index in [1.54, 1.807) is 47.4 Å². The predicted molar refractivity (Wildman–Crippen MR) is 146 cm³/mol. The van der Waals surface area contributed by atoms with Crippen molar-refractivity contribution < 1.29 is 19.1 Å². The number of nitrogens with zero attached hydrogens (tertiary/aromatic N) is 1. The third kappa shape index (κ3) is 7.25. The van der Waals surface area contributed by atoms with E-state index in [4.69, 9.17) is 9.47 Å². The van der Waals surface area contributed by atoms with Gasteiger partial charge in [0.1, 0.15) is 17.2 Å². The molecule has 4 rings (SSSR count). The number of urea groups is 2. The van der Waals surface area contributed by atoms with Crippen molar-refractivity contribution in [3.8, 4) is 17.2 Å². The van der Waals surface area contributed by atoms with E-state index in [1.165, 1.54) is 7.11 Å². The van der Waals surface area contributed by atoms with Crippen molar-refractivity contribution in [3.05, 3.63) is 109 Å². The topological polar surface area (TPSA) is 91.9 Å². The van der Waals surface area contributed by atoms with Crippen LogP contribution in [0.15, 0.2) is 109 Å². The van der Waals surface area contributed by atoms with Gasteiger partial charge >= 0.3 is 12.1 Å². The van der Waals surface area contributed by atoms with Gasteiger partial charge < -0.3 is 25.4 Å². The largest absolute Gasteiger partial charge is 0.495 e. The maximum absolute atomic E-state index is 13.2. The van der Waals surface area contributed by atoms with Crippen LogP contribution in [-0.4, -0.2) is 32.3 Å². The molecule has 0 saturated heterocycles. The van der Waals surface area contributed by atoms with Gasteiger partial charge in [-0.1, -0.05) is 48.5 Å². The zero-order chi connectivity index (χ0) is 25.9. The quantitative estimate of drug-likeness (QED) is 0.252. The highest BCUT2D eigenvalue weighted by Crippen LogP contribution is 2.25. The van der Waals surface area contributed by atoms with Crippen LogP contribution in [0.3, 0.4) is 0 Å². The van der Waals surface area contributed by atoms with Gasteiger partial charge in [-0.25, -0.2) is 9.59 Å². The number of carbonyl (C=O) groups excluding carboxylic acids is 2. The van der Waals surface area contributed by atoms with E-state index in [2.05, 4.69) is 16.0 Å². The van der Waals surface area contributed by atoms with Crippen molar-refractivity contribution in [2.75, 3.05) is 35.7 Å². The normalized spacial score (nSPS) is 10.2. The number of carbonyl (C=O) groups is 2. The molecular formula is C29H28N4O4. The number of hydrogen-bond acceptors (Lipinski definition) is 4. The molecule has 8 nitrogen and oxygen atoms in total. The summed E-state index contributed by atoms with van der Waals surface area (Å²) in [6.07, 6.45) is 0. The molecule has 0 aromatic heterocycles. The Hall–Kier alpha value is -4.98. The Morgan fingerprint density at radius 2 is 1.35 bits per heavy atom. The number of anilines is 3. The fraction of sp³-hybridized carbons (Fsp3) is 0.103. The lowest BCUT2D eigenvalue weighted by Gasteiger charge is -2.24. The van der Waals surface area contributed by atoms with Gasteiger partial charge in [0, 0.05) is 24.5 Å². The number of methoxy groups -OCH3 is 1. The highest BCUT2D eigenvalue weighted by atomic mass is 16.5. The van der Waals surface area contributed by atoms with Gasteiger partial charge in [-0.15, -0.1) is 0 Å². The Morgan fingerprint density at radius 3 is 2.05 bits per heavy atom. The average molecular weight is 497 g/mol. The Labute approximate surface area is 215 Å². The second kappa shape index (κ2) is 12.6. The summed E-state index contributed by atoms with van der Waals surface area (Å²) < 4.78 is 11.1. The number of nitrogens with one attached hydrogen (secondary N) is 3. The minimum absolute atomic E-state index is 0.214. The van der Waals surface area contributed by atoms with Crippen molar-refractivity contribution in [2.24, 2.45) is 0 Å². The van der Waals surface area contributed by atoms with Crippen LogP contribution >= 0.6 is 0 Å². The van der Waals surface area contributed by atoms with E-state index in [0.29, 0.717) is 28.6 Å². The minimum Gasteiger partial charge on any atom is -0.495 e. The summed E-state index contributed by atoms with van der Waals surface area (Å²) >= 11 is 0. The van der Waals surface area contributed by atoms with Crippen LogP contribution in [0.25, 0.3) is 0 Å². The van der Waals surface area contributed by atoms with Crippen LogP contribution < -0.4 is 30.3 Å². The Balaban J connectivity index is 1.42. The first kappa shape index (κ1) is 25.1. The van der Waals surface area contributed by atoms with Crippen LogP contribution in [0, 0.1) is 0 Å². The summed E-state index contributed by atoms with van der Waals surface area (Å²) in [6.45, 7) is 0.447. The van der Waals surface area contributed by atoms with Crippen molar-refractivity contribution in [2.45, 2.75) is 0 Å². The van der Waals surface area contributed by atoms with Crippen molar-refractivity contribution in [3.63, 3.8) is 0 Å². The smallest absolute Gasteiger partial charge is 0.326 e. The molecule has 4 amide bonds. The molecule has 0 bridgehead atoms. The first-order valence-electron chi connectivity index (χ1n) is 11.8. The van der Waals surface area contributed by atoms with Gasteiger partial charge in [-0.05, 0) is 60.7 Å². The molecule has 0 unspecified atom stereocenters. The fourth-order valence-corrected chi connectivity index (χ4v) is 3.57. The molecule has 0 radical (unpaired) electrons. The molecule has 0 saturated carbocycles. The van der Waals surface area contributed by atoms with E-state index in [0.717, 1.165) is 5.75 Å². The highest BCUT2D eigenvalue weighted by Gasteiger charge is 2.17. The summed E-state index contributed by atoms with van der Waals surface area (Å²) in [7, 11) is 1.54. The summed E-state index contributed by atoms with van der Waals surface area (Å²) in [5.74, 6) is 1.92. The van der Waals surface area contributed by atoms with Crippen molar-refractivity contribution in [1.82, 2.24) is 5.32 Å². The van der Waals surface area contributed by atoms with Crippen LogP contribution in [-0.2, 0) is 0 Å². The maximum atomic E-state index is 13.2. The molecule has 4 aromatic carbocycles. The third-order valence-electron chi connectivity index (χ3n) is 5.37. The summed E-state index contributed by atoms with van der Waals surface area (Å²) in [5.41, 5.74) is 1.87. The Kier molecular flexibility index (Phi) is 8.59. The summed E-state index contributed by atoms with van der Waals surface area (Å²) in [4.78, 5) is 27.2. The standard InChI is InChI=1S/C29H28N4O4/c1-36-27-15-9-8-14-26(27)32-28(34)30-20-21-33(29(35)31-22-10-4-2-5-11-22)23-16-18-25(19-17-23)37-24-12-6-3-7-13-24/h2-19H,20-21H2,1H3,(H,31,35)(H2,30,32,34). The molecule has 0 fully saturated rings. The van der Waals surface area contributed by atoms with Crippen LogP contribution in [0.4, 0.5) is 26.7 Å². The number of ether oxygens (including phenoxy) is 2. The summed E-state index contributed by atoms with van der Waals surface area (Å²) in [5, 5.41) is 8.46. The molecule has 0 atom stereocenters. The van der Waals surface area contributed by atoms with Gasteiger partial charge in [0.2, 0.25) is 0 Å². The maximum Gasteiger partial charge on any atom is 0.326 e. The molecule has 188 valence electrons. The molecule has 3 N–H and O–H groups in total. The van der Waals surface area contributed by atoms with Gasteiger partial charge in [-0.3, -0.25) is 4.90 Å². The van der Waals surface area contributed by atoms with E-state index in [-0.39, 0.29) is 19.1 Å². The van der Waals surface area contributed by atoms with Crippen LogP contribution in [0.2, 0.25) is 0 Å². The molecule has 0 aliphatic heterocycles. The Morgan fingerprint density at radius 1 is 0.730 bits per heavy atom. The lowest BCUT2D eigenvalue weighted by atomic mass is 10.2. The van der Waals surface area contributed by atoms with E-state index < -0.39 is 6.03 Å². The third-order valence-corrected chi connectivity index (χ3v) is 5.37. The fourth-order valence-electron chi connectivity index (χ4n) is 3.57. The van der Waals surface area contributed by atoms with E-state index in [9.17, 15) is 9.59 Å². The number of rotatable bonds is 9. The van der Waals surface area contributed by atoms with Gasteiger partial charge in [0.25, 0.3) is 0 Å². The lowest BCUT2D eigenvalue weighted by Crippen LogP contribution is -2.42. The zero-order valence-corrected chi connectivity index (χ0v) is 20.4. The van der Waals surface area contributed by atoms with Crippen LogP contribution in [0.1, 0.15) is 0 Å². The SMILES string of the molecule is COc1ccccc1NC(=O)NCCN(C(=O)Nc1ccccc1)c1ccc(Oc2ccccc2)cc1. The average Bonchev–Trinajstić information content (AvgIpc) is 2.93. The minimum atomic E-state index is -0.403. The predicted octanol–water partition coefficient (Wildman–Crippen LogP) is 6.35. The van der Waals surface area contributed by atoms with Crippen LogP contribution in [0.5, 0.6) is 17.2 Å². The molecule has 37 heavy (non-hydrogen) atoms. The molecule has 4 aromatic rings. The molecular weight excluding hydrogens is 468 g/mol. The Bertz CT molecular complexity index is 1300. The number of benzene rings is 4. The number of amides is 4. The number of hydrogen-bond donors (Lipinski definition) is 3. The highest BCUT2D eigenvalue weighted by molar-refractivity contribution is 6.01. The molecule has 0 heterocycles. The first-order valence-corrected chi connectivity index (χ1v) is 11.8. The molecule has 0 aliphatic rings. The van der Waals surface area contributed by atoms with Gasteiger partial charge in [0.15, 0.2) is 0 Å². The second-order valence-corrected chi connectivity index (χ2v) is 7.94. The monoisotopic (exact) mass is 496 g/mol. The molecule has 0 aliphatic carbocycles. The molecule has 8 heteroatoms. The zero-order valence-electron chi connectivity index (χ0n) is 20.4. The van der Waals surface area contributed by atoms with Gasteiger partial charge in [0.05, 0.1) is 12.8 Å². The lowest BCUT2D eigenvalue weighted by molar-refractivity contribution is 0.250.